The molecule has 0 saturated heterocycles. The van der Waals surface area contributed by atoms with Crippen molar-refractivity contribution in [1.82, 2.24) is 9.55 Å². The molecular formula is C15H19N3O2. The summed E-state index contributed by atoms with van der Waals surface area (Å²) in [5.41, 5.74) is 1.82. The standard InChI is InChI=1S/C13H13N3O2.C2H6/c1-10-3-2-4-11(7-10)15-13(18)8-16-6-5-14-12(16)9-17;1-2/h2-7,9H,8H2,1H3,(H,15,18);1-2H3. The third-order valence-electron chi connectivity index (χ3n) is 2.47. The molecule has 0 bridgehead atoms. The zero-order chi connectivity index (χ0) is 15.0. The SMILES string of the molecule is CC.Cc1cccc(NC(=O)Cn2ccnc2C=O)c1. The van der Waals surface area contributed by atoms with Gasteiger partial charge in [0, 0.05) is 18.1 Å². The molecule has 1 aromatic heterocycles. The van der Waals surface area contributed by atoms with E-state index in [2.05, 4.69) is 10.3 Å². The first-order chi connectivity index (χ1) is 9.69. The van der Waals surface area contributed by atoms with Crippen molar-refractivity contribution in [2.45, 2.75) is 27.3 Å². The Balaban J connectivity index is 0.000000956. The topological polar surface area (TPSA) is 64.0 Å². The second kappa shape index (κ2) is 7.89. The average molecular weight is 273 g/mol. The van der Waals surface area contributed by atoms with Crippen LogP contribution >= 0.6 is 0 Å². The fourth-order valence-corrected chi connectivity index (χ4v) is 1.65. The zero-order valence-electron chi connectivity index (χ0n) is 12.0. The molecule has 5 nitrogen and oxygen atoms in total. The molecule has 0 radical (unpaired) electrons. The van der Waals surface area contributed by atoms with Crippen LogP contribution in [0.1, 0.15) is 30.0 Å². The Labute approximate surface area is 118 Å². The number of benzene rings is 1. The lowest BCUT2D eigenvalue weighted by Crippen LogP contribution is -2.19. The summed E-state index contributed by atoms with van der Waals surface area (Å²) in [6, 6.07) is 7.53. The van der Waals surface area contributed by atoms with Crippen molar-refractivity contribution in [3.05, 3.63) is 48.0 Å². The normalized spacial score (nSPS) is 9.35. The van der Waals surface area contributed by atoms with Gasteiger partial charge in [-0.25, -0.2) is 4.98 Å². The molecule has 20 heavy (non-hydrogen) atoms. The number of hydrogen-bond donors (Lipinski definition) is 1. The van der Waals surface area contributed by atoms with E-state index in [1.54, 1.807) is 6.20 Å². The lowest BCUT2D eigenvalue weighted by Gasteiger charge is -2.07. The second-order valence-electron chi connectivity index (χ2n) is 3.95. The Morgan fingerprint density at radius 3 is 2.80 bits per heavy atom. The van der Waals surface area contributed by atoms with Gasteiger partial charge in [0.05, 0.1) is 0 Å². The van der Waals surface area contributed by atoms with Crippen LogP contribution in [0.25, 0.3) is 0 Å². The Hall–Kier alpha value is -2.43. The van der Waals surface area contributed by atoms with Gasteiger partial charge in [0.15, 0.2) is 12.1 Å². The molecule has 2 rings (SSSR count). The molecule has 1 aromatic carbocycles. The number of rotatable bonds is 4. The number of carbonyl (C=O) groups excluding carboxylic acids is 2. The number of aryl methyl sites for hydroxylation is 1. The predicted octanol–water partition coefficient (Wildman–Crippen LogP) is 2.67. The van der Waals surface area contributed by atoms with E-state index in [4.69, 9.17) is 0 Å². The van der Waals surface area contributed by atoms with Crippen molar-refractivity contribution in [3.8, 4) is 0 Å². The smallest absolute Gasteiger partial charge is 0.244 e. The van der Waals surface area contributed by atoms with E-state index < -0.39 is 0 Å². The number of nitrogens with one attached hydrogen (secondary N) is 1. The number of imidazole rings is 1. The molecule has 0 saturated carbocycles. The van der Waals surface area contributed by atoms with Gasteiger partial charge in [-0.05, 0) is 24.6 Å². The highest BCUT2D eigenvalue weighted by Crippen LogP contribution is 2.09. The molecule has 0 unspecified atom stereocenters. The second-order valence-corrected chi connectivity index (χ2v) is 3.95. The monoisotopic (exact) mass is 273 g/mol. The Kier molecular flexibility index (Phi) is 6.16. The summed E-state index contributed by atoms with van der Waals surface area (Å²) in [4.78, 5) is 26.3. The van der Waals surface area contributed by atoms with Gasteiger partial charge in [-0.2, -0.15) is 0 Å². The summed E-state index contributed by atoms with van der Waals surface area (Å²) < 4.78 is 1.50. The quantitative estimate of drug-likeness (QED) is 0.871. The lowest BCUT2D eigenvalue weighted by molar-refractivity contribution is -0.116. The van der Waals surface area contributed by atoms with Gasteiger partial charge in [-0.15, -0.1) is 0 Å². The van der Waals surface area contributed by atoms with Crippen molar-refractivity contribution in [2.75, 3.05) is 5.32 Å². The van der Waals surface area contributed by atoms with Crippen molar-refractivity contribution in [3.63, 3.8) is 0 Å². The Bertz CT molecular complexity index is 576. The van der Waals surface area contributed by atoms with Gasteiger partial charge in [0.1, 0.15) is 6.54 Å². The average Bonchev–Trinajstić information content (AvgIpc) is 2.88. The first kappa shape index (κ1) is 15.6. The molecule has 106 valence electrons. The van der Waals surface area contributed by atoms with Gasteiger partial charge in [0.25, 0.3) is 0 Å². The highest BCUT2D eigenvalue weighted by atomic mass is 16.2. The number of anilines is 1. The van der Waals surface area contributed by atoms with Crippen LogP contribution in [-0.4, -0.2) is 21.7 Å². The minimum Gasteiger partial charge on any atom is -0.325 e. The van der Waals surface area contributed by atoms with Gasteiger partial charge >= 0.3 is 0 Å². The van der Waals surface area contributed by atoms with E-state index >= 15 is 0 Å². The summed E-state index contributed by atoms with van der Waals surface area (Å²) in [5.74, 6) is 0.0519. The molecule has 0 aliphatic carbocycles. The molecule has 1 amide bonds. The van der Waals surface area contributed by atoms with Crippen LogP contribution in [-0.2, 0) is 11.3 Å². The molecular weight excluding hydrogens is 254 g/mol. The summed E-state index contributed by atoms with van der Waals surface area (Å²) >= 11 is 0. The Morgan fingerprint density at radius 1 is 1.40 bits per heavy atom. The van der Waals surface area contributed by atoms with E-state index in [1.165, 1.54) is 10.8 Å². The van der Waals surface area contributed by atoms with Gasteiger partial charge in [0.2, 0.25) is 5.91 Å². The fourth-order valence-electron chi connectivity index (χ4n) is 1.65. The van der Waals surface area contributed by atoms with Crippen molar-refractivity contribution in [2.24, 2.45) is 0 Å². The third kappa shape index (κ3) is 4.35. The first-order valence-corrected chi connectivity index (χ1v) is 6.52. The lowest BCUT2D eigenvalue weighted by atomic mass is 10.2. The Morgan fingerprint density at radius 2 is 2.15 bits per heavy atom. The summed E-state index contributed by atoms with van der Waals surface area (Å²) in [5, 5.41) is 2.77. The summed E-state index contributed by atoms with van der Waals surface area (Å²) in [6.45, 7) is 6.03. The van der Waals surface area contributed by atoms with E-state index in [1.807, 2.05) is 45.0 Å². The molecule has 1 N–H and O–H groups in total. The van der Waals surface area contributed by atoms with Crippen molar-refractivity contribution >= 4 is 17.9 Å². The molecule has 0 spiro atoms. The van der Waals surface area contributed by atoms with Crippen molar-refractivity contribution < 1.29 is 9.59 Å². The molecule has 0 aliphatic rings. The van der Waals surface area contributed by atoms with E-state index in [9.17, 15) is 9.59 Å². The molecule has 2 aromatic rings. The molecule has 5 heteroatoms. The number of aromatic nitrogens is 2. The number of aldehydes is 1. The maximum absolute atomic E-state index is 11.8. The van der Waals surface area contributed by atoms with E-state index in [-0.39, 0.29) is 18.3 Å². The summed E-state index contributed by atoms with van der Waals surface area (Å²) in [7, 11) is 0. The van der Waals surface area contributed by atoms with Crippen LogP contribution in [0.4, 0.5) is 5.69 Å². The molecule has 0 aliphatic heterocycles. The number of hydrogen-bond acceptors (Lipinski definition) is 3. The highest BCUT2D eigenvalue weighted by molar-refractivity contribution is 5.91. The maximum Gasteiger partial charge on any atom is 0.244 e. The van der Waals surface area contributed by atoms with Crippen LogP contribution in [0, 0.1) is 6.92 Å². The van der Waals surface area contributed by atoms with Crippen LogP contribution in [0.15, 0.2) is 36.7 Å². The fraction of sp³-hybridized carbons (Fsp3) is 0.267. The minimum atomic E-state index is -0.193. The molecule has 1 heterocycles. The zero-order valence-corrected chi connectivity index (χ0v) is 12.0. The van der Waals surface area contributed by atoms with E-state index in [0.29, 0.717) is 6.29 Å². The highest BCUT2D eigenvalue weighted by Gasteiger charge is 2.07. The van der Waals surface area contributed by atoms with Gasteiger partial charge in [-0.1, -0.05) is 26.0 Å². The summed E-state index contributed by atoms with van der Waals surface area (Å²) in [6.07, 6.45) is 3.71. The van der Waals surface area contributed by atoms with Crippen LogP contribution < -0.4 is 5.32 Å². The number of carbonyl (C=O) groups is 2. The first-order valence-electron chi connectivity index (χ1n) is 6.52. The predicted molar refractivity (Wildman–Crippen MR) is 78.8 cm³/mol. The van der Waals surface area contributed by atoms with Gasteiger partial charge < -0.3 is 9.88 Å². The molecule has 0 fully saturated rings. The van der Waals surface area contributed by atoms with Crippen LogP contribution in [0.2, 0.25) is 0 Å². The van der Waals surface area contributed by atoms with Gasteiger partial charge in [-0.3, -0.25) is 9.59 Å². The largest absolute Gasteiger partial charge is 0.325 e. The number of nitrogens with zero attached hydrogens (tertiary/aromatic N) is 2. The number of amides is 1. The van der Waals surface area contributed by atoms with Crippen molar-refractivity contribution in [1.29, 1.82) is 0 Å². The van der Waals surface area contributed by atoms with Crippen LogP contribution in [0.3, 0.4) is 0 Å². The maximum atomic E-state index is 11.8. The van der Waals surface area contributed by atoms with Crippen LogP contribution in [0.5, 0.6) is 0 Å². The van der Waals surface area contributed by atoms with E-state index in [0.717, 1.165) is 11.3 Å². The minimum absolute atomic E-state index is 0.0714. The third-order valence-corrected chi connectivity index (χ3v) is 2.47. The molecule has 0 atom stereocenters.